The van der Waals surface area contributed by atoms with Crippen molar-refractivity contribution in [3.8, 4) is 0 Å². The molecule has 136 valence electrons. The number of hydrogen-bond donors (Lipinski definition) is 1. The summed E-state index contributed by atoms with van der Waals surface area (Å²) >= 11 is 0. The van der Waals surface area contributed by atoms with E-state index in [1.807, 2.05) is 22.6 Å². The van der Waals surface area contributed by atoms with Crippen LogP contribution in [0.5, 0.6) is 0 Å². The summed E-state index contributed by atoms with van der Waals surface area (Å²) in [6, 6.07) is 2.18. The van der Waals surface area contributed by atoms with Crippen molar-refractivity contribution in [1.82, 2.24) is 30.4 Å². The van der Waals surface area contributed by atoms with Crippen LogP contribution in [0.25, 0.3) is 0 Å². The Bertz CT molecular complexity index is 724. The topological polar surface area (TPSA) is 89.1 Å². The van der Waals surface area contributed by atoms with Crippen LogP contribution in [0, 0.1) is 6.92 Å². The number of likely N-dealkylation sites (tertiary alicyclic amines) is 1. The van der Waals surface area contributed by atoms with Gasteiger partial charge in [-0.2, -0.15) is 0 Å². The zero-order chi connectivity index (χ0) is 16.5. The molecule has 8 nitrogen and oxygen atoms in total. The fourth-order valence-electron chi connectivity index (χ4n) is 3.62. The quantitative estimate of drug-likeness (QED) is 0.892. The van der Waals surface area contributed by atoms with Gasteiger partial charge in [0, 0.05) is 12.6 Å². The molecule has 0 spiro atoms. The van der Waals surface area contributed by atoms with E-state index in [1.165, 1.54) is 0 Å². The summed E-state index contributed by atoms with van der Waals surface area (Å²) in [5.74, 6) is 0.677. The summed E-state index contributed by atoms with van der Waals surface area (Å²) in [6.45, 7) is 4.56. The van der Waals surface area contributed by atoms with E-state index >= 15 is 0 Å². The molecule has 1 amide bonds. The van der Waals surface area contributed by atoms with E-state index in [0.29, 0.717) is 18.3 Å². The minimum atomic E-state index is -0.0771. The average molecular weight is 367 g/mol. The zero-order valence-corrected chi connectivity index (χ0v) is 15.0. The Kier molecular flexibility index (Phi) is 5.39. The molecule has 2 aliphatic heterocycles. The maximum atomic E-state index is 12.9. The van der Waals surface area contributed by atoms with Gasteiger partial charge in [0.2, 0.25) is 0 Å². The summed E-state index contributed by atoms with van der Waals surface area (Å²) in [5.41, 5.74) is 1.25. The number of halogens is 1. The van der Waals surface area contributed by atoms with Gasteiger partial charge in [-0.25, -0.2) is 4.68 Å². The van der Waals surface area contributed by atoms with E-state index in [0.717, 1.165) is 50.2 Å². The Labute approximate surface area is 152 Å². The van der Waals surface area contributed by atoms with Crippen LogP contribution in [-0.2, 0) is 0 Å². The number of rotatable bonds is 3. The van der Waals surface area contributed by atoms with Crippen LogP contribution >= 0.6 is 12.4 Å². The maximum Gasteiger partial charge on any atom is 0.276 e. The zero-order valence-electron chi connectivity index (χ0n) is 14.2. The monoisotopic (exact) mass is 366 g/mol. The van der Waals surface area contributed by atoms with Gasteiger partial charge >= 0.3 is 0 Å². The van der Waals surface area contributed by atoms with E-state index < -0.39 is 0 Å². The Morgan fingerprint density at radius 2 is 2.12 bits per heavy atom. The van der Waals surface area contributed by atoms with Crippen molar-refractivity contribution in [3.63, 3.8) is 0 Å². The van der Waals surface area contributed by atoms with Crippen molar-refractivity contribution in [2.24, 2.45) is 0 Å². The third-order valence-corrected chi connectivity index (χ3v) is 4.90. The van der Waals surface area contributed by atoms with Crippen molar-refractivity contribution in [3.05, 3.63) is 29.4 Å². The molecule has 2 aliphatic rings. The lowest BCUT2D eigenvalue weighted by Gasteiger charge is -2.22. The van der Waals surface area contributed by atoms with Gasteiger partial charge in [-0.15, -0.1) is 17.5 Å². The smallest absolute Gasteiger partial charge is 0.276 e. The molecular formula is C16H23ClN6O2. The van der Waals surface area contributed by atoms with E-state index in [1.54, 1.807) is 6.20 Å². The number of carbonyl (C=O) groups is 1. The number of hydrogen-bond acceptors (Lipinski definition) is 6. The van der Waals surface area contributed by atoms with Gasteiger partial charge in [0.25, 0.3) is 5.91 Å². The van der Waals surface area contributed by atoms with Crippen LogP contribution in [0.4, 0.5) is 0 Å². The lowest BCUT2D eigenvalue weighted by Crippen LogP contribution is -2.31. The first-order valence-corrected chi connectivity index (χ1v) is 8.59. The molecule has 4 rings (SSSR count). The minimum absolute atomic E-state index is 0. The third kappa shape index (κ3) is 3.55. The molecule has 25 heavy (non-hydrogen) atoms. The fraction of sp³-hybridized carbons (Fsp3) is 0.625. The Morgan fingerprint density at radius 3 is 2.84 bits per heavy atom. The molecule has 0 radical (unpaired) electrons. The Hall–Kier alpha value is -1.93. The van der Waals surface area contributed by atoms with Gasteiger partial charge in [0.05, 0.1) is 24.0 Å². The molecule has 2 aromatic heterocycles. The summed E-state index contributed by atoms with van der Waals surface area (Å²) in [6.07, 6.45) is 5.67. The minimum Gasteiger partial charge on any atom is -0.359 e. The number of aromatic nitrogens is 4. The van der Waals surface area contributed by atoms with Crippen LogP contribution in [0.15, 0.2) is 16.8 Å². The lowest BCUT2D eigenvalue weighted by molar-refractivity contribution is 0.0708. The normalized spacial score (nSPS) is 21.3. The second-order valence-corrected chi connectivity index (χ2v) is 6.59. The highest BCUT2D eigenvalue weighted by molar-refractivity contribution is 5.92. The van der Waals surface area contributed by atoms with E-state index in [-0.39, 0.29) is 24.4 Å². The van der Waals surface area contributed by atoms with Crippen molar-refractivity contribution >= 4 is 18.3 Å². The maximum absolute atomic E-state index is 12.9. The largest absolute Gasteiger partial charge is 0.359 e. The summed E-state index contributed by atoms with van der Waals surface area (Å²) in [7, 11) is 0. The first-order chi connectivity index (χ1) is 11.7. The standard InChI is InChI=1S/C16H22N6O2.ClH/c1-11-9-15(24-19-11)14-3-2-8-21(14)16(23)13-10-22(20-18-13)12-4-6-17-7-5-12;/h9-10,12,14,17H,2-8H2,1H3;1H. The van der Waals surface area contributed by atoms with Gasteiger partial charge in [-0.1, -0.05) is 10.4 Å². The predicted molar refractivity (Wildman–Crippen MR) is 92.7 cm³/mol. The number of aryl methyl sites for hydroxylation is 1. The molecule has 1 N–H and O–H groups in total. The summed E-state index contributed by atoms with van der Waals surface area (Å²) in [4.78, 5) is 14.7. The van der Waals surface area contributed by atoms with Crippen LogP contribution in [0.1, 0.15) is 59.7 Å². The van der Waals surface area contributed by atoms with Gasteiger partial charge in [0.1, 0.15) is 0 Å². The lowest BCUT2D eigenvalue weighted by atomic mass is 10.1. The van der Waals surface area contributed by atoms with Crippen molar-refractivity contribution in [1.29, 1.82) is 0 Å². The molecule has 0 aromatic carbocycles. The van der Waals surface area contributed by atoms with Crippen LogP contribution in [-0.4, -0.2) is 50.6 Å². The molecule has 9 heteroatoms. The molecule has 0 aliphatic carbocycles. The van der Waals surface area contributed by atoms with E-state index in [4.69, 9.17) is 4.52 Å². The molecular weight excluding hydrogens is 344 g/mol. The number of carbonyl (C=O) groups excluding carboxylic acids is 1. The van der Waals surface area contributed by atoms with Crippen molar-refractivity contribution in [2.75, 3.05) is 19.6 Å². The van der Waals surface area contributed by atoms with Crippen molar-refractivity contribution < 1.29 is 9.32 Å². The molecule has 4 heterocycles. The molecule has 1 atom stereocenters. The number of amides is 1. The Morgan fingerprint density at radius 1 is 1.32 bits per heavy atom. The van der Waals surface area contributed by atoms with E-state index in [2.05, 4.69) is 20.8 Å². The van der Waals surface area contributed by atoms with Gasteiger partial charge in [0.15, 0.2) is 11.5 Å². The van der Waals surface area contributed by atoms with E-state index in [9.17, 15) is 4.79 Å². The van der Waals surface area contributed by atoms with Crippen LogP contribution in [0.3, 0.4) is 0 Å². The molecule has 0 saturated carbocycles. The van der Waals surface area contributed by atoms with Crippen LogP contribution in [0.2, 0.25) is 0 Å². The van der Waals surface area contributed by atoms with Crippen molar-refractivity contribution in [2.45, 2.75) is 44.7 Å². The summed E-state index contributed by atoms with van der Waals surface area (Å²) < 4.78 is 7.22. The first kappa shape index (κ1) is 17.9. The molecule has 2 saturated heterocycles. The van der Waals surface area contributed by atoms with Gasteiger partial charge in [-0.05, 0) is 45.7 Å². The third-order valence-electron chi connectivity index (χ3n) is 4.90. The first-order valence-electron chi connectivity index (χ1n) is 8.59. The average Bonchev–Trinajstić information content (AvgIpc) is 3.35. The number of nitrogens with one attached hydrogen (secondary N) is 1. The number of nitrogens with zero attached hydrogens (tertiary/aromatic N) is 5. The fourth-order valence-corrected chi connectivity index (χ4v) is 3.62. The second-order valence-electron chi connectivity index (χ2n) is 6.59. The highest BCUT2D eigenvalue weighted by Gasteiger charge is 2.34. The predicted octanol–water partition coefficient (Wildman–Crippen LogP) is 1.90. The SMILES string of the molecule is Cc1cc(C2CCCN2C(=O)c2cn(C3CCNCC3)nn2)on1.Cl. The van der Waals surface area contributed by atoms with Gasteiger partial charge < -0.3 is 14.7 Å². The number of piperidine rings is 1. The second kappa shape index (κ2) is 7.53. The summed E-state index contributed by atoms with van der Waals surface area (Å²) in [5, 5.41) is 15.6. The van der Waals surface area contributed by atoms with Crippen LogP contribution < -0.4 is 5.32 Å². The molecule has 2 fully saturated rings. The molecule has 2 aromatic rings. The Balaban J connectivity index is 0.00000182. The highest BCUT2D eigenvalue weighted by Crippen LogP contribution is 2.33. The van der Waals surface area contributed by atoms with Gasteiger partial charge in [-0.3, -0.25) is 4.79 Å². The highest BCUT2D eigenvalue weighted by atomic mass is 35.5. The molecule has 0 bridgehead atoms. The molecule has 1 unspecified atom stereocenters.